The number of amides is 1. The monoisotopic (exact) mass is 381 g/mol. The Morgan fingerprint density at radius 1 is 1.23 bits per heavy atom. The first-order valence-corrected chi connectivity index (χ1v) is 8.93. The molecule has 138 valence electrons. The van der Waals surface area contributed by atoms with Gasteiger partial charge in [0.2, 0.25) is 0 Å². The Labute approximate surface area is 152 Å². The number of thiophene rings is 1. The summed E-state index contributed by atoms with van der Waals surface area (Å²) in [5, 5.41) is 2.44. The summed E-state index contributed by atoms with van der Waals surface area (Å²) in [7, 11) is 0. The third-order valence-electron chi connectivity index (χ3n) is 3.96. The number of carbonyl (C=O) groups excluding carboxylic acids is 2. The summed E-state index contributed by atoms with van der Waals surface area (Å²) in [6.45, 7) is -1.59. The van der Waals surface area contributed by atoms with Gasteiger partial charge in [-0.25, -0.2) is 4.79 Å². The van der Waals surface area contributed by atoms with E-state index in [1.54, 1.807) is 6.07 Å². The number of benzene rings is 1. The normalized spacial score (nSPS) is 14.0. The first-order valence-electron chi connectivity index (χ1n) is 8.11. The standard InChI is InChI=1S/C18H17F2NO4S/c1-10(24-17(23)15-9-11-5-4-8-14(11)26-15)16(22)21-12-6-2-3-7-13(12)25-18(19)20/h2-3,6-7,9-10,18H,4-5,8H2,1H3,(H,21,22)/t10-/m1/s1. The molecule has 5 nitrogen and oxygen atoms in total. The first-order chi connectivity index (χ1) is 12.4. The maximum atomic E-state index is 12.4. The van der Waals surface area contributed by atoms with E-state index in [-0.39, 0.29) is 11.4 Å². The number of esters is 1. The van der Waals surface area contributed by atoms with Gasteiger partial charge in [0.15, 0.2) is 6.10 Å². The summed E-state index contributed by atoms with van der Waals surface area (Å²) in [6.07, 6.45) is 1.93. The maximum absolute atomic E-state index is 12.4. The van der Waals surface area contributed by atoms with Gasteiger partial charge in [-0.1, -0.05) is 12.1 Å². The fourth-order valence-electron chi connectivity index (χ4n) is 2.70. The van der Waals surface area contributed by atoms with Crippen LogP contribution in [0.1, 0.15) is 33.5 Å². The third-order valence-corrected chi connectivity index (χ3v) is 5.18. The number of nitrogens with one attached hydrogen (secondary N) is 1. The SMILES string of the molecule is C[C@@H](OC(=O)c1cc2c(s1)CCC2)C(=O)Nc1ccccc1OC(F)F. The molecule has 0 radical (unpaired) electrons. The number of carbonyl (C=O) groups is 2. The van der Waals surface area contributed by atoms with E-state index in [2.05, 4.69) is 10.1 Å². The molecule has 1 aliphatic rings. The quantitative estimate of drug-likeness (QED) is 0.768. The van der Waals surface area contributed by atoms with Crippen LogP contribution in [0.4, 0.5) is 14.5 Å². The lowest BCUT2D eigenvalue weighted by atomic mass is 10.2. The molecule has 0 unspecified atom stereocenters. The average molecular weight is 381 g/mol. The van der Waals surface area contributed by atoms with E-state index in [9.17, 15) is 18.4 Å². The van der Waals surface area contributed by atoms with Gasteiger partial charge < -0.3 is 14.8 Å². The minimum Gasteiger partial charge on any atom is -0.448 e. The Morgan fingerprint density at radius 3 is 2.73 bits per heavy atom. The van der Waals surface area contributed by atoms with E-state index in [1.165, 1.54) is 41.3 Å². The zero-order chi connectivity index (χ0) is 18.7. The van der Waals surface area contributed by atoms with Gasteiger partial charge in [0.25, 0.3) is 5.91 Å². The van der Waals surface area contributed by atoms with Crippen molar-refractivity contribution < 1.29 is 27.8 Å². The average Bonchev–Trinajstić information content (AvgIpc) is 3.17. The number of fused-ring (bicyclic) bond motifs is 1. The van der Waals surface area contributed by atoms with Crippen LogP contribution in [0, 0.1) is 0 Å². The fraction of sp³-hybridized carbons (Fsp3) is 0.333. The molecule has 8 heteroatoms. The van der Waals surface area contributed by atoms with Gasteiger partial charge in [-0.3, -0.25) is 4.79 Å². The molecule has 26 heavy (non-hydrogen) atoms. The van der Waals surface area contributed by atoms with E-state index >= 15 is 0 Å². The third kappa shape index (κ3) is 4.19. The second kappa shape index (κ2) is 7.82. The van der Waals surface area contributed by atoms with Crippen molar-refractivity contribution in [1.82, 2.24) is 0 Å². The fourth-order valence-corrected chi connectivity index (χ4v) is 3.84. The van der Waals surface area contributed by atoms with Gasteiger partial charge in [-0.15, -0.1) is 11.3 Å². The molecule has 0 saturated heterocycles. The molecule has 1 amide bonds. The predicted octanol–water partition coefficient (Wildman–Crippen LogP) is 4.02. The van der Waals surface area contributed by atoms with Gasteiger partial charge >= 0.3 is 12.6 Å². The molecule has 1 heterocycles. The minimum absolute atomic E-state index is 0.0794. The molecule has 0 spiro atoms. The van der Waals surface area contributed by atoms with Crippen LogP contribution in [0.3, 0.4) is 0 Å². The van der Waals surface area contributed by atoms with Crippen molar-refractivity contribution in [2.45, 2.75) is 38.9 Å². The minimum atomic E-state index is -3.01. The second-order valence-corrected chi connectivity index (χ2v) is 6.96. The second-order valence-electron chi connectivity index (χ2n) is 5.82. The number of para-hydroxylation sites is 2. The lowest BCUT2D eigenvalue weighted by Gasteiger charge is -2.15. The van der Waals surface area contributed by atoms with Gasteiger partial charge in [0.1, 0.15) is 10.6 Å². The Morgan fingerprint density at radius 2 is 2.00 bits per heavy atom. The summed E-state index contributed by atoms with van der Waals surface area (Å²) in [4.78, 5) is 26.1. The van der Waals surface area contributed by atoms with Crippen molar-refractivity contribution in [1.29, 1.82) is 0 Å². The van der Waals surface area contributed by atoms with Gasteiger partial charge in [0.05, 0.1) is 5.69 Å². The number of aryl methyl sites for hydroxylation is 2. The van der Waals surface area contributed by atoms with E-state index in [0.717, 1.165) is 24.8 Å². The van der Waals surface area contributed by atoms with Crippen molar-refractivity contribution in [3.8, 4) is 5.75 Å². The van der Waals surface area contributed by atoms with Crippen LogP contribution in [0.25, 0.3) is 0 Å². The molecule has 0 aliphatic heterocycles. The lowest BCUT2D eigenvalue weighted by molar-refractivity contribution is -0.123. The predicted molar refractivity (Wildman–Crippen MR) is 92.9 cm³/mol. The Hall–Kier alpha value is -2.48. The molecule has 1 N–H and O–H groups in total. The highest BCUT2D eigenvalue weighted by Crippen LogP contribution is 2.31. The van der Waals surface area contributed by atoms with Gasteiger partial charge in [-0.2, -0.15) is 8.78 Å². The van der Waals surface area contributed by atoms with Crippen LogP contribution in [-0.4, -0.2) is 24.6 Å². The largest absolute Gasteiger partial charge is 0.448 e. The zero-order valence-electron chi connectivity index (χ0n) is 14.0. The van der Waals surface area contributed by atoms with Crippen molar-refractivity contribution in [2.24, 2.45) is 0 Å². The number of hydrogen-bond donors (Lipinski definition) is 1. The van der Waals surface area contributed by atoms with E-state index in [4.69, 9.17) is 4.74 Å². The van der Waals surface area contributed by atoms with E-state index in [0.29, 0.717) is 4.88 Å². The summed E-state index contributed by atoms with van der Waals surface area (Å²) >= 11 is 1.39. The molecule has 0 bridgehead atoms. The van der Waals surface area contributed by atoms with Gasteiger partial charge in [0, 0.05) is 4.88 Å². The Bertz CT molecular complexity index is 800. The molecule has 0 fully saturated rings. The van der Waals surface area contributed by atoms with Crippen molar-refractivity contribution in [3.05, 3.63) is 45.6 Å². The molecule has 1 aliphatic carbocycles. The molecular weight excluding hydrogens is 364 g/mol. The topological polar surface area (TPSA) is 64.6 Å². The molecule has 3 rings (SSSR count). The summed E-state index contributed by atoms with van der Waals surface area (Å²) in [5.74, 6) is -1.36. The summed E-state index contributed by atoms with van der Waals surface area (Å²) in [6, 6.07) is 7.62. The number of hydrogen-bond acceptors (Lipinski definition) is 5. The molecule has 1 aromatic heterocycles. The maximum Gasteiger partial charge on any atom is 0.387 e. The number of anilines is 1. The van der Waals surface area contributed by atoms with Crippen LogP contribution in [0.15, 0.2) is 30.3 Å². The van der Waals surface area contributed by atoms with Gasteiger partial charge in [-0.05, 0) is 49.9 Å². The lowest BCUT2D eigenvalue weighted by Crippen LogP contribution is -2.30. The summed E-state index contributed by atoms with van der Waals surface area (Å²) in [5.41, 5.74) is 1.24. The number of rotatable bonds is 6. The number of ether oxygens (including phenoxy) is 2. The molecule has 1 aromatic carbocycles. The Kier molecular flexibility index (Phi) is 5.51. The van der Waals surface area contributed by atoms with Crippen LogP contribution in [0.2, 0.25) is 0 Å². The first kappa shape index (κ1) is 18.3. The van der Waals surface area contributed by atoms with Crippen molar-refractivity contribution in [2.75, 3.05) is 5.32 Å². The molecule has 1 atom stereocenters. The summed E-state index contributed by atoms with van der Waals surface area (Å²) < 4.78 is 34.4. The smallest absolute Gasteiger partial charge is 0.387 e. The number of halogens is 2. The van der Waals surface area contributed by atoms with E-state index < -0.39 is 24.6 Å². The highest BCUT2D eigenvalue weighted by atomic mass is 32.1. The molecule has 2 aromatic rings. The molecule has 0 saturated carbocycles. The van der Waals surface area contributed by atoms with Crippen molar-refractivity contribution >= 4 is 28.9 Å². The highest BCUT2D eigenvalue weighted by Gasteiger charge is 2.24. The highest BCUT2D eigenvalue weighted by molar-refractivity contribution is 7.14. The van der Waals surface area contributed by atoms with Crippen LogP contribution in [-0.2, 0) is 22.4 Å². The van der Waals surface area contributed by atoms with Crippen LogP contribution >= 0.6 is 11.3 Å². The van der Waals surface area contributed by atoms with Crippen molar-refractivity contribution in [3.63, 3.8) is 0 Å². The van der Waals surface area contributed by atoms with Crippen LogP contribution in [0.5, 0.6) is 5.75 Å². The molecular formula is C18H17F2NO4S. The Balaban J connectivity index is 1.62. The zero-order valence-corrected chi connectivity index (χ0v) is 14.8. The number of alkyl halides is 2. The van der Waals surface area contributed by atoms with E-state index in [1.807, 2.05) is 6.07 Å². The van der Waals surface area contributed by atoms with Crippen LogP contribution < -0.4 is 10.1 Å².